The van der Waals surface area contributed by atoms with Crippen molar-refractivity contribution in [3.8, 4) is 5.75 Å². The SMILES string of the molecule is COc1ccccc1NS(=O)(=O)c1ccc(CBr)cc1. The van der Waals surface area contributed by atoms with Gasteiger partial charge in [-0.2, -0.15) is 0 Å². The van der Waals surface area contributed by atoms with Gasteiger partial charge < -0.3 is 4.74 Å². The van der Waals surface area contributed by atoms with Crippen LogP contribution in [0.3, 0.4) is 0 Å². The average Bonchev–Trinajstić information content (AvgIpc) is 2.47. The maximum atomic E-state index is 12.3. The Kier molecular flexibility index (Phi) is 4.67. The van der Waals surface area contributed by atoms with Crippen LogP contribution in [0.4, 0.5) is 5.69 Å². The Balaban J connectivity index is 2.30. The van der Waals surface area contributed by atoms with Gasteiger partial charge in [-0.25, -0.2) is 8.42 Å². The summed E-state index contributed by atoms with van der Waals surface area (Å²) in [5, 5.41) is 0.688. The summed E-state index contributed by atoms with van der Waals surface area (Å²) < 4.78 is 32.2. The second-order valence-corrected chi connectivity index (χ2v) is 6.33. The fourth-order valence-corrected chi connectivity index (χ4v) is 3.13. The quantitative estimate of drug-likeness (QED) is 0.836. The molecule has 0 aromatic heterocycles. The molecule has 0 amide bonds. The molecule has 0 radical (unpaired) electrons. The predicted molar refractivity (Wildman–Crippen MR) is 82.9 cm³/mol. The van der Waals surface area contributed by atoms with E-state index >= 15 is 0 Å². The second kappa shape index (κ2) is 6.28. The van der Waals surface area contributed by atoms with E-state index < -0.39 is 10.0 Å². The maximum absolute atomic E-state index is 12.3. The Morgan fingerprint density at radius 3 is 2.35 bits per heavy atom. The van der Waals surface area contributed by atoms with E-state index in [2.05, 4.69) is 20.7 Å². The van der Waals surface area contributed by atoms with Crippen LogP contribution in [0.5, 0.6) is 5.75 Å². The molecule has 0 heterocycles. The van der Waals surface area contributed by atoms with Gasteiger partial charge in [0.25, 0.3) is 10.0 Å². The molecule has 0 aliphatic carbocycles. The number of anilines is 1. The van der Waals surface area contributed by atoms with Gasteiger partial charge in [0.05, 0.1) is 17.7 Å². The van der Waals surface area contributed by atoms with Gasteiger partial charge in [-0.15, -0.1) is 0 Å². The van der Waals surface area contributed by atoms with Crippen LogP contribution in [-0.2, 0) is 15.4 Å². The van der Waals surface area contributed by atoms with Gasteiger partial charge in [0.1, 0.15) is 5.75 Å². The third-order valence-electron chi connectivity index (χ3n) is 2.74. The molecule has 2 aromatic rings. The van der Waals surface area contributed by atoms with Gasteiger partial charge in [0.2, 0.25) is 0 Å². The fourth-order valence-electron chi connectivity index (χ4n) is 1.69. The number of alkyl halides is 1. The van der Waals surface area contributed by atoms with Crippen LogP contribution in [0.25, 0.3) is 0 Å². The molecular formula is C14H14BrNO3S. The Morgan fingerprint density at radius 1 is 1.10 bits per heavy atom. The number of methoxy groups -OCH3 is 1. The van der Waals surface area contributed by atoms with Gasteiger partial charge in [-0.1, -0.05) is 40.2 Å². The minimum Gasteiger partial charge on any atom is -0.495 e. The van der Waals surface area contributed by atoms with Crippen LogP contribution in [0.15, 0.2) is 53.4 Å². The summed E-state index contributed by atoms with van der Waals surface area (Å²) in [4.78, 5) is 0.216. The van der Waals surface area contributed by atoms with Crippen molar-refractivity contribution in [1.82, 2.24) is 0 Å². The maximum Gasteiger partial charge on any atom is 0.262 e. The number of nitrogens with one attached hydrogen (secondary N) is 1. The molecule has 0 saturated carbocycles. The van der Waals surface area contributed by atoms with E-state index in [1.54, 1.807) is 48.5 Å². The molecule has 4 nitrogen and oxygen atoms in total. The number of halogens is 1. The molecule has 2 rings (SSSR count). The Morgan fingerprint density at radius 2 is 1.75 bits per heavy atom. The van der Waals surface area contributed by atoms with Crippen molar-refractivity contribution in [2.45, 2.75) is 10.2 Å². The topological polar surface area (TPSA) is 55.4 Å². The van der Waals surface area contributed by atoms with Crippen molar-refractivity contribution in [3.63, 3.8) is 0 Å². The summed E-state index contributed by atoms with van der Waals surface area (Å²) in [5.74, 6) is 0.480. The lowest BCUT2D eigenvalue weighted by molar-refractivity contribution is 0.417. The summed E-state index contributed by atoms with van der Waals surface area (Å²) in [6, 6.07) is 13.6. The molecule has 0 bridgehead atoms. The van der Waals surface area contributed by atoms with E-state index in [9.17, 15) is 8.42 Å². The average molecular weight is 356 g/mol. The first-order valence-electron chi connectivity index (χ1n) is 5.87. The van der Waals surface area contributed by atoms with Gasteiger partial charge >= 0.3 is 0 Å². The van der Waals surface area contributed by atoms with Crippen LogP contribution < -0.4 is 9.46 Å². The molecule has 20 heavy (non-hydrogen) atoms. The molecule has 0 aliphatic heterocycles. The van der Waals surface area contributed by atoms with Gasteiger partial charge in [-0.05, 0) is 29.8 Å². The lowest BCUT2D eigenvalue weighted by Gasteiger charge is -2.11. The molecule has 0 saturated heterocycles. The first kappa shape index (κ1) is 14.9. The number of rotatable bonds is 5. The third-order valence-corrected chi connectivity index (χ3v) is 4.77. The first-order valence-corrected chi connectivity index (χ1v) is 8.48. The second-order valence-electron chi connectivity index (χ2n) is 4.08. The molecule has 0 atom stereocenters. The fraction of sp³-hybridized carbons (Fsp3) is 0.143. The summed E-state index contributed by atoms with van der Waals surface area (Å²) in [5.41, 5.74) is 1.43. The molecule has 0 spiro atoms. The predicted octanol–water partition coefficient (Wildman–Crippen LogP) is 3.39. The van der Waals surface area contributed by atoms with Gasteiger partial charge in [0, 0.05) is 5.33 Å². The highest BCUT2D eigenvalue weighted by atomic mass is 79.9. The third kappa shape index (κ3) is 3.32. The Hall–Kier alpha value is -1.53. The zero-order valence-electron chi connectivity index (χ0n) is 10.8. The van der Waals surface area contributed by atoms with E-state index in [0.717, 1.165) is 5.56 Å². The largest absolute Gasteiger partial charge is 0.495 e. The van der Waals surface area contributed by atoms with Crippen LogP contribution in [0.1, 0.15) is 5.56 Å². The van der Waals surface area contributed by atoms with E-state index in [0.29, 0.717) is 16.8 Å². The first-order chi connectivity index (χ1) is 9.56. The van der Waals surface area contributed by atoms with Crippen molar-refractivity contribution in [2.75, 3.05) is 11.8 Å². The molecule has 6 heteroatoms. The number of hydrogen-bond donors (Lipinski definition) is 1. The lowest BCUT2D eigenvalue weighted by Crippen LogP contribution is -2.13. The van der Waals surface area contributed by atoms with Crippen LogP contribution in [-0.4, -0.2) is 15.5 Å². The molecule has 0 unspecified atom stereocenters. The Labute approximate surface area is 127 Å². The molecule has 0 aliphatic rings. The zero-order chi connectivity index (χ0) is 14.6. The summed E-state index contributed by atoms with van der Waals surface area (Å²) >= 11 is 3.32. The van der Waals surface area contributed by atoms with Gasteiger partial charge in [0.15, 0.2) is 0 Å². The highest BCUT2D eigenvalue weighted by Crippen LogP contribution is 2.26. The standard InChI is InChI=1S/C14H14BrNO3S/c1-19-14-5-3-2-4-13(14)16-20(17,18)12-8-6-11(10-15)7-9-12/h2-9,16H,10H2,1H3. The summed E-state index contributed by atoms with van der Waals surface area (Å²) in [7, 11) is -2.12. The molecule has 2 aromatic carbocycles. The molecule has 1 N–H and O–H groups in total. The minimum absolute atomic E-state index is 0.216. The number of sulfonamides is 1. The smallest absolute Gasteiger partial charge is 0.262 e. The van der Waals surface area contributed by atoms with Crippen molar-refractivity contribution in [2.24, 2.45) is 0 Å². The number of hydrogen-bond acceptors (Lipinski definition) is 3. The van der Waals surface area contributed by atoms with Crippen molar-refractivity contribution in [3.05, 3.63) is 54.1 Å². The lowest BCUT2D eigenvalue weighted by atomic mass is 10.2. The molecule has 106 valence electrons. The number of para-hydroxylation sites is 2. The highest BCUT2D eigenvalue weighted by molar-refractivity contribution is 9.08. The highest BCUT2D eigenvalue weighted by Gasteiger charge is 2.15. The van der Waals surface area contributed by atoms with Crippen molar-refractivity contribution >= 4 is 31.6 Å². The number of ether oxygens (including phenoxy) is 1. The Bertz CT molecular complexity index is 684. The number of benzene rings is 2. The van der Waals surface area contributed by atoms with Crippen LogP contribution >= 0.6 is 15.9 Å². The van der Waals surface area contributed by atoms with Crippen molar-refractivity contribution in [1.29, 1.82) is 0 Å². The molecular weight excluding hydrogens is 342 g/mol. The van der Waals surface area contributed by atoms with Crippen LogP contribution in [0, 0.1) is 0 Å². The zero-order valence-corrected chi connectivity index (χ0v) is 13.2. The van der Waals surface area contributed by atoms with E-state index in [1.165, 1.54) is 7.11 Å². The normalized spacial score (nSPS) is 11.1. The van der Waals surface area contributed by atoms with E-state index in [-0.39, 0.29) is 4.90 Å². The summed E-state index contributed by atoms with van der Waals surface area (Å²) in [6.07, 6.45) is 0. The van der Waals surface area contributed by atoms with Gasteiger partial charge in [-0.3, -0.25) is 4.72 Å². The van der Waals surface area contributed by atoms with Crippen LogP contribution in [0.2, 0.25) is 0 Å². The van der Waals surface area contributed by atoms with E-state index in [1.807, 2.05) is 0 Å². The van der Waals surface area contributed by atoms with Crippen molar-refractivity contribution < 1.29 is 13.2 Å². The molecule has 0 fully saturated rings. The minimum atomic E-state index is -3.62. The van der Waals surface area contributed by atoms with E-state index in [4.69, 9.17) is 4.74 Å². The monoisotopic (exact) mass is 355 g/mol. The summed E-state index contributed by atoms with van der Waals surface area (Å²) in [6.45, 7) is 0.